The van der Waals surface area contributed by atoms with Crippen molar-refractivity contribution in [1.82, 2.24) is 10.3 Å². The molecule has 0 aliphatic rings. The summed E-state index contributed by atoms with van der Waals surface area (Å²) < 4.78 is 4.76. The van der Waals surface area contributed by atoms with Crippen LogP contribution in [0.25, 0.3) is 0 Å². The van der Waals surface area contributed by atoms with Crippen molar-refractivity contribution in [2.45, 2.75) is 6.92 Å². The number of halogens is 2. The zero-order valence-electron chi connectivity index (χ0n) is 11.1. The molecule has 1 heterocycles. The Hall–Kier alpha value is -1.43. The minimum absolute atomic E-state index is 0.0436. The van der Waals surface area contributed by atoms with E-state index in [1.807, 2.05) is 6.92 Å². The smallest absolute Gasteiger partial charge is 0.199 e. The number of rotatable bonds is 7. The molecule has 0 aliphatic carbocycles. The summed E-state index contributed by atoms with van der Waals surface area (Å²) in [5.74, 6) is -0.968. The Bertz CT molecular complexity index is 544. The number of Topliss-reactive ketones (excluding diaryl/α,β-unsaturated/α-hetero) is 2. The Morgan fingerprint density at radius 3 is 2.75 bits per heavy atom. The summed E-state index contributed by atoms with van der Waals surface area (Å²) in [7, 11) is 1.38. The van der Waals surface area contributed by atoms with E-state index in [1.165, 1.54) is 25.6 Å². The third kappa shape index (κ3) is 4.30. The highest BCUT2D eigenvalue weighted by molar-refractivity contribution is 6.38. The lowest BCUT2D eigenvalue weighted by Crippen LogP contribution is -2.21. The number of ether oxygens (including phenoxy) is 1. The maximum absolute atomic E-state index is 12.4. The first-order valence-electron chi connectivity index (χ1n) is 5.82. The number of hydrogen-bond acceptors (Lipinski definition) is 5. The molecule has 0 bridgehead atoms. The van der Waals surface area contributed by atoms with Gasteiger partial charge in [0.15, 0.2) is 11.6 Å². The van der Waals surface area contributed by atoms with E-state index in [0.717, 1.165) is 0 Å². The highest BCUT2D eigenvalue weighted by atomic mass is 35.5. The fourth-order valence-electron chi connectivity index (χ4n) is 1.42. The largest absolute Gasteiger partial charge is 0.390 e. The summed E-state index contributed by atoms with van der Waals surface area (Å²) in [6.07, 6.45) is 2.62. The first-order valence-corrected chi connectivity index (χ1v) is 6.58. The van der Waals surface area contributed by atoms with E-state index >= 15 is 0 Å². The number of hydrogen-bond donors (Lipinski definition) is 1. The van der Waals surface area contributed by atoms with Gasteiger partial charge in [-0.05, 0) is 13.0 Å². The summed E-state index contributed by atoms with van der Waals surface area (Å²) >= 11 is 11.7. The normalized spacial score (nSPS) is 11.3. The molecule has 20 heavy (non-hydrogen) atoms. The number of ketones is 2. The summed E-state index contributed by atoms with van der Waals surface area (Å²) in [5, 5.41) is 3.08. The molecule has 1 aromatic rings. The van der Waals surface area contributed by atoms with Gasteiger partial charge in [-0.25, -0.2) is 4.98 Å². The van der Waals surface area contributed by atoms with E-state index in [2.05, 4.69) is 10.3 Å². The molecule has 0 atom stereocenters. The van der Waals surface area contributed by atoms with E-state index in [0.29, 0.717) is 6.54 Å². The Labute approximate surface area is 126 Å². The fourth-order valence-corrected chi connectivity index (χ4v) is 1.76. The molecule has 0 aromatic carbocycles. The van der Waals surface area contributed by atoms with Crippen LogP contribution in [0.15, 0.2) is 24.0 Å². The molecule has 0 spiro atoms. The molecule has 1 aromatic heterocycles. The summed E-state index contributed by atoms with van der Waals surface area (Å²) in [6, 6.07) is 1.33. The van der Waals surface area contributed by atoms with E-state index < -0.39 is 11.6 Å². The van der Waals surface area contributed by atoms with Crippen LogP contribution < -0.4 is 5.32 Å². The van der Waals surface area contributed by atoms with Gasteiger partial charge in [0.2, 0.25) is 0 Å². The van der Waals surface area contributed by atoms with Gasteiger partial charge in [0.1, 0.15) is 11.8 Å². The van der Waals surface area contributed by atoms with Crippen LogP contribution in [0.4, 0.5) is 0 Å². The van der Waals surface area contributed by atoms with Crippen molar-refractivity contribution in [2.24, 2.45) is 0 Å². The second-order valence-electron chi connectivity index (χ2n) is 3.79. The molecular formula is C13H14Cl2N2O3. The summed E-state index contributed by atoms with van der Waals surface area (Å²) in [4.78, 5) is 28.1. The van der Waals surface area contributed by atoms with Crippen molar-refractivity contribution in [3.63, 3.8) is 0 Å². The lowest BCUT2D eigenvalue weighted by atomic mass is 10.0. The molecule has 108 valence electrons. The molecule has 0 unspecified atom stereocenters. The molecule has 1 rings (SSSR count). The van der Waals surface area contributed by atoms with Gasteiger partial charge in [-0.15, -0.1) is 0 Å². The fraction of sp³-hybridized carbons (Fsp3) is 0.308. The van der Waals surface area contributed by atoms with Crippen LogP contribution in [0.5, 0.6) is 0 Å². The van der Waals surface area contributed by atoms with Crippen molar-refractivity contribution in [2.75, 3.05) is 20.3 Å². The second kappa shape index (κ2) is 7.99. The number of nitrogens with one attached hydrogen (secondary N) is 1. The number of methoxy groups -OCH3 is 1. The van der Waals surface area contributed by atoms with Crippen LogP contribution in [0.1, 0.15) is 17.3 Å². The standard InChI is InChI=1S/C13H14Cl2N2O3/c1-3-16-5-9(11(18)7-20-2)13(19)8-4-12(15)17-6-10(8)14/h4-6,16H,3,7H2,1-2H3/b9-5+. The van der Waals surface area contributed by atoms with Gasteiger partial charge in [0.25, 0.3) is 0 Å². The van der Waals surface area contributed by atoms with Gasteiger partial charge < -0.3 is 10.1 Å². The molecular weight excluding hydrogens is 303 g/mol. The first-order chi connectivity index (χ1) is 9.51. The molecule has 1 N–H and O–H groups in total. The Kier molecular flexibility index (Phi) is 6.64. The van der Waals surface area contributed by atoms with Gasteiger partial charge in [-0.2, -0.15) is 0 Å². The van der Waals surface area contributed by atoms with Crippen LogP contribution in [0.2, 0.25) is 10.2 Å². The zero-order valence-corrected chi connectivity index (χ0v) is 12.6. The van der Waals surface area contributed by atoms with Crippen molar-refractivity contribution in [1.29, 1.82) is 0 Å². The van der Waals surface area contributed by atoms with Gasteiger partial charge in [-0.1, -0.05) is 23.2 Å². The van der Waals surface area contributed by atoms with Gasteiger partial charge in [0.05, 0.1) is 10.6 Å². The average molecular weight is 317 g/mol. The SMILES string of the molecule is CCN/C=C(\C(=O)COC)C(=O)c1cc(Cl)ncc1Cl. The monoisotopic (exact) mass is 316 g/mol. The summed E-state index contributed by atoms with van der Waals surface area (Å²) in [5.41, 5.74) is 0.0816. The maximum atomic E-state index is 12.4. The van der Waals surface area contributed by atoms with Crippen LogP contribution in [-0.4, -0.2) is 36.8 Å². The Morgan fingerprint density at radius 1 is 1.45 bits per heavy atom. The zero-order chi connectivity index (χ0) is 15.1. The number of aromatic nitrogens is 1. The molecule has 0 amide bonds. The third-order valence-electron chi connectivity index (χ3n) is 2.34. The summed E-state index contributed by atoms with van der Waals surface area (Å²) in [6.45, 7) is 2.22. The second-order valence-corrected chi connectivity index (χ2v) is 4.58. The average Bonchev–Trinajstić information content (AvgIpc) is 2.42. The molecule has 0 saturated heterocycles. The molecule has 0 aliphatic heterocycles. The van der Waals surface area contributed by atoms with Crippen molar-refractivity contribution >= 4 is 34.8 Å². The van der Waals surface area contributed by atoms with Crippen molar-refractivity contribution in [3.05, 3.63) is 39.8 Å². The first kappa shape index (κ1) is 16.6. The topological polar surface area (TPSA) is 68.3 Å². The number of nitrogens with zero attached hydrogens (tertiary/aromatic N) is 1. The predicted molar refractivity (Wildman–Crippen MR) is 77.2 cm³/mol. The predicted octanol–water partition coefficient (Wildman–Crippen LogP) is 2.28. The van der Waals surface area contributed by atoms with Gasteiger partial charge in [0, 0.05) is 31.6 Å². The number of pyridine rings is 1. The van der Waals surface area contributed by atoms with Crippen LogP contribution >= 0.6 is 23.2 Å². The van der Waals surface area contributed by atoms with Crippen LogP contribution in [-0.2, 0) is 9.53 Å². The highest BCUT2D eigenvalue weighted by Gasteiger charge is 2.22. The van der Waals surface area contributed by atoms with Crippen LogP contribution in [0, 0.1) is 0 Å². The quantitative estimate of drug-likeness (QED) is 0.275. The minimum atomic E-state index is -0.526. The van der Waals surface area contributed by atoms with Gasteiger partial charge >= 0.3 is 0 Å². The molecule has 0 radical (unpaired) electrons. The molecule has 5 nitrogen and oxygen atoms in total. The molecule has 0 fully saturated rings. The van der Waals surface area contributed by atoms with E-state index in [9.17, 15) is 9.59 Å². The highest BCUT2D eigenvalue weighted by Crippen LogP contribution is 2.21. The van der Waals surface area contributed by atoms with Crippen molar-refractivity contribution in [3.8, 4) is 0 Å². The number of carbonyl (C=O) groups is 2. The minimum Gasteiger partial charge on any atom is -0.390 e. The van der Waals surface area contributed by atoms with E-state index in [4.69, 9.17) is 27.9 Å². The Morgan fingerprint density at radius 2 is 2.15 bits per heavy atom. The third-order valence-corrected chi connectivity index (χ3v) is 2.85. The van der Waals surface area contributed by atoms with Gasteiger partial charge in [-0.3, -0.25) is 9.59 Å². The molecule has 7 heteroatoms. The lowest BCUT2D eigenvalue weighted by Gasteiger charge is -2.08. The van der Waals surface area contributed by atoms with E-state index in [1.54, 1.807) is 0 Å². The Balaban J connectivity index is 3.16. The van der Waals surface area contributed by atoms with Crippen LogP contribution in [0.3, 0.4) is 0 Å². The lowest BCUT2D eigenvalue weighted by molar-refractivity contribution is -0.118. The maximum Gasteiger partial charge on any atom is 0.199 e. The van der Waals surface area contributed by atoms with Crippen molar-refractivity contribution < 1.29 is 14.3 Å². The molecule has 0 saturated carbocycles. The number of carbonyl (C=O) groups excluding carboxylic acids is 2. The van der Waals surface area contributed by atoms with E-state index in [-0.39, 0.29) is 27.9 Å².